The minimum absolute atomic E-state index is 0.0234. The average Bonchev–Trinajstić information content (AvgIpc) is 3.64. The van der Waals surface area contributed by atoms with Crippen LogP contribution in [0.2, 0.25) is 0 Å². The Morgan fingerprint density at radius 2 is 2.02 bits per heavy atom. The molecular formula is C36H51FN6O3. The van der Waals surface area contributed by atoms with E-state index in [0.717, 1.165) is 56.5 Å². The van der Waals surface area contributed by atoms with Crippen LogP contribution in [0.1, 0.15) is 76.2 Å². The molecule has 2 saturated carbocycles. The third-order valence-corrected chi connectivity index (χ3v) is 12.3. The third-order valence-electron chi connectivity index (χ3n) is 12.3. The minimum atomic E-state index is -0.381. The summed E-state index contributed by atoms with van der Waals surface area (Å²) in [5, 5.41) is 17.8. The predicted molar refractivity (Wildman–Crippen MR) is 173 cm³/mol. The molecule has 0 bridgehead atoms. The molecule has 1 aromatic carbocycles. The van der Waals surface area contributed by atoms with Crippen molar-refractivity contribution in [2.24, 2.45) is 11.8 Å². The van der Waals surface area contributed by atoms with E-state index in [2.05, 4.69) is 40.1 Å². The van der Waals surface area contributed by atoms with Gasteiger partial charge >= 0.3 is 0 Å². The largest absolute Gasteiger partial charge is 0.487 e. The van der Waals surface area contributed by atoms with Gasteiger partial charge in [-0.25, -0.2) is 4.39 Å². The van der Waals surface area contributed by atoms with Gasteiger partial charge in [-0.1, -0.05) is 25.8 Å². The number of hydrogen-bond donors (Lipinski definition) is 2. The maximum absolute atomic E-state index is 14.3. The van der Waals surface area contributed by atoms with Gasteiger partial charge in [0.2, 0.25) is 5.91 Å². The first-order valence-electron chi connectivity index (χ1n) is 17.7. The Bertz CT molecular complexity index is 1330. The SMILES string of the molecule is C=CC(=O)N1CCN(C2NC(OCC3CCCN3C)NC3(C4CCCCC4)C[C@@]4(CCC23)Cc2cc(F)ccc2O4)CC1CC#N. The second-order valence-electron chi connectivity index (χ2n) is 14.9. The van der Waals surface area contributed by atoms with Gasteiger partial charge in [-0.2, -0.15) is 5.26 Å². The first-order valence-corrected chi connectivity index (χ1v) is 17.7. The van der Waals surface area contributed by atoms with Crippen molar-refractivity contribution in [2.45, 2.75) is 113 Å². The number of halogens is 1. The lowest BCUT2D eigenvalue weighted by atomic mass is 9.56. The highest BCUT2D eigenvalue weighted by molar-refractivity contribution is 5.87. The molecule has 6 aliphatic rings. The van der Waals surface area contributed by atoms with Crippen molar-refractivity contribution in [3.8, 4) is 11.8 Å². The summed E-state index contributed by atoms with van der Waals surface area (Å²) >= 11 is 0. The summed E-state index contributed by atoms with van der Waals surface area (Å²) in [6.45, 7) is 7.40. The Morgan fingerprint density at radius 1 is 1.17 bits per heavy atom. The van der Waals surface area contributed by atoms with Crippen molar-refractivity contribution >= 4 is 5.91 Å². The van der Waals surface area contributed by atoms with Gasteiger partial charge < -0.3 is 19.3 Å². The van der Waals surface area contributed by atoms with Gasteiger partial charge in [0.15, 0.2) is 6.35 Å². The van der Waals surface area contributed by atoms with Crippen molar-refractivity contribution in [2.75, 3.05) is 39.8 Å². The first-order chi connectivity index (χ1) is 22.3. The Kier molecular flexibility index (Phi) is 9.16. The molecule has 7 rings (SSSR count). The van der Waals surface area contributed by atoms with E-state index in [-0.39, 0.29) is 47.3 Å². The number of nitrogens with zero attached hydrogens (tertiary/aromatic N) is 4. The number of rotatable bonds is 7. The van der Waals surface area contributed by atoms with Gasteiger partial charge in [0.1, 0.15) is 17.2 Å². The van der Waals surface area contributed by atoms with Crippen LogP contribution in [0.15, 0.2) is 30.9 Å². The zero-order valence-corrected chi connectivity index (χ0v) is 27.4. The Morgan fingerprint density at radius 3 is 2.78 bits per heavy atom. The van der Waals surface area contributed by atoms with E-state index in [1.807, 2.05) is 4.90 Å². The van der Waals surface area contributed by atoms with E-state index in [0.29, 0.717) is 38.1 Å². The minimum Gasteiger partial charge on any atom is -0.487 e. The Balaban J connectivity index is 1.22. The summed E-state index contributed by atoms with van der Waals surface area (Å²) < 4.78 is 28.0. The summed E-state index contributed by atoms with van der Waals surface area (Å²) in [5.41, 5.74) is 0.357. The zero-order valence-electron chi connectivity index (χ0n) is 27.4. The monoisotopic (exact) mass is 634 g/mol. The lowest BCUT2D eigenvalue weighted by molar-refractivity contribution is -0.172. The molecule has 4 heterocycles. The molecule has 5 fully saturated rings. The van der Waals surface area contributed by atoms with Crippen LogP contribution in [-0.2, 0) is 16.0 Å². The molecule has 250 valence electrons. The van der Waals surface area contributed by atoms with Crippen LogP contribution in [0, 0.1) is 29.0 Å². The van der Waals surface area contributed by atoms with Crippen LogP contribution < -0.4 is 15.4 Å². The van der Waals surface area contributed by atoms with Crippen molar-refractivity contribution in [1.29, 1.82) is 5.26 Å². The quantitative estimate of drug-likeness (QED) is 0.433. The van der Waals surface area contributed by atoms with Crippen LogP contribution in [0.25, 0.3) is 0 Å². The van der Waals surface area contributed by atoms with Gasteiger partial charge in [0, 0.05) is 55.5 Å². The van der Waals surface area contributed by atoms with Crippen molar-refractivity contribution in [3.63, 3.8) is 0 Å². The van der Waals surface area contributed by atoms with Crippen molar-refractivity contribution < 1.29 is 18.7 Å². The van der Waals surface area contributed by atoms with Gasteiger partial charge in [-0.05, 0) is 82.3 Å². The summed E-state index contributed by atoms with van der Waals surface area (Å²) in [4.78, 5) is 19.5. The molecule has 9 nitrogen and oxygen atoms in total. The molecule has 10 heteroatoms. The number of nitriles is 1. The van der Waals surface area contributed by atoms with E-state index >= 15 is 0 Å². The van der Waals surface area contributed by atoms with Crippen LogP contribution in [0.5, 0.6) is 5.75 Å². The predicted octanol–water partition coefficient (Wildman–Crippen LogP) is 4.14. The average molecular weight is 635 g/mol. The number of fused-ring (bicyclic) bond motifs is 2. The molecule has 1 aromatic rings. The maximum atomic E-state index is 14.3. The van der Waals surface area contributed by atoms with Crippen LogP contribution in [0.4, 0.5) is 4.39 Å². The highest BCUT2D eigenvalue weighted by Crippen LogP contribution is 2.55. The lowest BCUT2D eigenvalue weighted by Crippen LogP contribution is -2.79. The molecule has 1 amide bonds. The first kappa shape index (κ1) is 32.0. The Labute approximate surface area is 273 Å². The summed E-state index contributed by atoms with van der Waals surface area (Å²) in [6.07, 6.45) is 13.2. The number of likely N-dealkylation sites (tertiary alicyclic amines) is 1. The second kappa shape index (κ2) is 13.2. The second-order valence-corrected chi connectivity index (χ2v) is 14.9. The van der Waals surface area contributed by atoms with Gasteiger partial charge in [0.05, 0.1) is 31.3 Å². The molecule has 0 aromatic heterocycles. The van der Waals surface area contributed by atoms with Crippen LogP contribution >= 0.6 is 0 Å². The summed E-state index contributed by atoms with van der Waals surface area (Å²) in [5.74, 6) is 1.26. The number of nitrogens with one attached hydrogen (secondary N) is 2. The molecule has 2 aliphatic carbocycles. The van der Waals surface area contributed by atoms with E-state index < -0.39 is 0 Å². The standard InChI is InChI=1S/C36H51FN6O3/c1-3-32(44)43-19-18-42(22-28(43)14-16-38)33-30-13-15-35(21-25-20-27(37)11-12-31(25)46-35)24-36(30,26-8-5-4-6-9-26)40-34(39-33)45-23-29-10-7-17-41(29)2/h3,11-12,20,26,28-30,33-34,39-40H,1,4-10,13-15,17-19,21-24H2,2H3/t28?,29?,30?,33?,34?,35-,36?/m1/s1. The molecule has 2 N–H and O–H groups in total. The number of carbonyl (C=O) groups excluding carboxylic acids is 1. The molecule has 1 spiro atoms. The number of piperazine rings is 1. The number of likely N-dealkylation sites (N-methyl/N-ethyl adjacent to an activating group) is 1. The highest BCUT2D eigenvalue weighted by atomic mass is 19.1. The summed E-state index contributed by atoms with van der Waals surface area (Å²) in [6, 6.07) is 7.53. The number of carbonyl (C=O) groups is 1. The van der Waals surface area contributed by atoms with E-state index in [1.54, 1.807) is 12.1 Å². The van der Waals surface area contributed by atoms with Crippen LogP contribution in [-0.4, -0.2) is 96.2 Å². The molecule has 4 aliphatic heterocycles. The molecular weight excluding hydrogens is 583 g/mol. The summed E-state index contributed by atoms with van der Waals surface area (Å²) in [7, 11) is 2.19. The Hall–Kier alpha value is -2.55. The smallest absolute Gasteiger partial charge is 0.246 e. The number of ether oxygens (including phenoxy) is 2. The molecule has 0 radical (unpaired) electrons. The number of hydrogen-bond acceptors (Lipinski definition) is 8. The van der Waals surface area contributed by atoms with Crippen molar-refractivity contribution in [3.05, 3.63) is 42.2 Å². The van der Waals surface area contributed by atoms with E-state index in [4.69, 9.17) is 9.47 Å². The van der Waals surface area contributed by atoms with E-state index in [1.165, 1.54) is 50.7 Å². The maximum Gasteiger partial charge on any atom is 0.246 e. The number of amides is 1. The van der Waals surface area contributed by atoms with Gasteiger partial charge in [0.25, 0.3) is 0 Å². The third kappa shape index (κ3) is 5.99. The normalized spacial score (nSPS) is 37.0. The zero-order chi connectivity index (χ0) is 31.9. The molecule has 7 atom stereocenters. The fraction of sp³-hybridized carbons (Fsp3) is 0.722. The molecule has 46 heavy (non-hydrogen) atoms. The topological polar surface area (TPSA) is 93.1 Å². The van der Waals surface area contributed by atoms with Crippen LogP contribution in [0.3, 0.4) is 0 Å². The molecule has 3 saturated heterocycles. The van der Waals surface area contributed by atoms with Crippen molar-refractivity contribution in [1.82, 2.24) is 25.3 Å². The fourth-order valence-corrected chi connectivity index (χ4v) is 10.1. The molecule has 6 unspecified atom stereocenters. The van der Waals surface area contributed by atoms with Gasteiger partial charge in [-0.15, -0.1) is 0 Å². The fourth-order valence-electron chi connectivity index (χ4n) is 10.1. The lowest BCUT2D eigenvalue weighted by Gasteiger charge is -2.63. The van der Waals surface area contributed by atoms with Gasteiger partial charge in [-0.3, -0.25) is 20.3 Å². The number of benzene rings is 1. The highest BCUT2D eigenvalue weighted by Gasteiger charge is 2.62. The van der Waals surface area contributed by atoms with E-state index in [9.17, 15) is 14.4 Å².